The average Bonchev–Trinajstić information content (AvgIpc) is 2.75. The topological polar surface area (TPSA) is 42.2 Å². The lowest BCUT2D eigenvalue weighted by Gasteiger charge is -2.12. The van der Waals surface area contributed by atoms with Gasteiger partial charge in [0.05, 0.1) is 0 Å². The van der Waals surface area contributed by atoms with Gasteiger partial charge in [-0.25, -0.2) is 0 Å². The summed E-state index contributed by atoms with van der Waals surface area (Å²) in [6.07, 6.45) is 6.68. The van der Waals surface area contributed by atoms with Crippen molar-refractivity contribution in [3.05, 3.63) is 5.82 Å². The van der Waals surface area contributed by atoms with Crippen molar-refractivity contribution < 1.29 is 4.52 Å². The van der Waals surface area contributed by atoms with Gasteiger partial charge in [0.15, 0.2) is 5.82 Å². The molecular formula is C12H17N3O. The molecule has 1 aliphatic heterocycles. The van der Waals surface area contributed by atoms with Crippen molar-refractivity contribution in [3.8, 4) is 0 Å². The van der Waals surface area contributed by atoms with Gasteiger partial charge >= 0.3 is 6.01 Å². The quantitative estimate of drug-likeness (QED) is 0.764. The molecule has 2 atom stereocenters. The van der Waals surface area contributed by atoms with Gasteiger partial charge in [-0.1, -0.05) is 11.6 Å². The van der Waals surface area contributed by atoms with Crippen LogP contribution in [0.3, 0.4) is 0 Å². The molecule has 0 N–H and O–H groups in total. The monoisotopic (exact) mass is 219 g/mol. The van der Waals surface area contributed by atoms with Gasteiger partial charge in [0.1, 0.15) is 0 Å². The Morgan fingerprint density at radius 1 is 1.06 bits per heavy atom. The molecule has 3 fully saturated rings. The molecule has 2 heterocycles. The fourth-order valence-corrected chi connectivity index (χ4v) is 3.25. The molecule has 3 aliphatic rings. The Morgan fingerprint density at radius 2 is 1.81 bits per heavy atom. The summed E-state index contributed by atoms with van der Waals surface area (Å²) in [5.74, 6) is 3.30. The summed E-state index contributed by atoms with van der Waals surface area (Å²) in [5.41, 5.74) is 0. The number of rotatable bonds is 2. The summed E-state index contributed by atoms with van der Waals surface area (Å²) in [4.78, 5) is 6.83. The van der Waals surface area contributed by atoms with Crippen LogP contribution in [0, 0.1) is 11.8 Å². The van der Waals surface area contributed by atoms with Crippen LogP contribution in [0.15, 0.2) is 4.52 Å². The first-order valence-corrected chi connectivity index (χ1v) is 6.49. The Kier molecular flexibility index (Phi) is 1.81. The molecular weight excluding hydrogens is 202 g/mol. The molecule has 2 saturated carbocycles. The summed E-state index contributed by atoms with van der Waals surface area (Å²) >= 11 is 0. The second-order valence-corrected chi connectivity index (χ2v) is 5.57. The minimum atomic E-state index is 0.597. The first-order valence-electron chi connectivity index (χ1n) is 6.49. The number of fused-ring (bicyclic) bond motifs is 1. The summed E-state index contributed by atoms with van der Waals surface area (Å²) < 4.78 is 5.38. The zero-order valence-corrected chi connectivity index (χ0v) is 9.43. The van der Waals surface area contributed by atoms with Crippen LogP contribution in [-0.2, 0) is 0 Å². The highest BCUT2D eigenvalue weighted by molar-refractivity contribution is 5.29. The Bertz CT molecular complexity index is 387. The van der Waals surface area contributed by atoms with E-state index >= 15 is 0 Å². The van der Waals surface area contributed by atoms with E-state index in [1.54, 1.807) is 0 Å². The van der Waals surface area contributed by atoms with Gasteiger partial charge in [0.2, 0.25) is 0 Å². The van der Waals surface area contributed by atoms with Crippen molar-refractivity contribution in [1.29, 1.82) is 0 Å². The normalized spacial score (nSPS) is 33.4. The lowest BCUT2D eigenvalue weighted by atomic mass is 10.0. The van der Waals surface area contributed by atoms with Crippen LogP contribution in [0.4, 0.5) is 6.01 Å². The van der Waals surface area contributed by atoms with Crippen molar-refractivity contribution in [2.45, 2.75) is 38.0 Å². The maximum Gasteiger partial charge on any atom is 0.324 e. The van der Waals surface area contributed by atoms with Gasteiger partial charge in [-0.2, -0.15) is 4.98 Å². The Hall–Kier alpha value is -1.06. The second-order valence-electron chi connectivity index (χ2n) is 5.57. The van der Waals surface area contributed by atoms with E-state index in [9.17, 15) is 0 Å². The first kappa shape index (κ1) is 9.02. The summed E-state index contributed by atoms with van der Waals surface area (Å²) in [6.45, 7) is 2.27. The maximum atomic E-state index is 5.38. The number of hydrogen-bond donors (Lipinski definition) is 0. The Labute approximate surface area is 95.0 Å². The van der Waals surface area contributed by atoms with Crippen LogP contribution in [0.5, 0.6) is 0 Å². The van der Waals surface area contributed by atoms with E-state index in [2.05, 4.69) is 15.0 Å². The second kappa shape index (κ2) is 3.22. The predicted molar refractivity (Wildman–Crippen MR) is 59.3 cm³/mol. The first-order chi connectivity index (χ1) is 7.90. The minimum absolute atomic E-state index is 0.597. The molecule has 1 aromatic rings. The van der Waals surface area contributed by atoms with Crippen LogP contribution >= 0.6 is 0 Å². The number of aromatic nitrogens is 2. The van der Waals surface area contributed by atoms with Gasteiger partial charge in [0.25, 0.3) is 0 Å². The molecule has 0 aromatic carbocycles. The molecule has 2 unspecified atom stereocenters. The smallest absolute Gasteiger partial charge is 0.324 e. The largest absolute Gasteiger partial charge is 0.324 e. The molecule has 0 spiro atoms. The molecule has 0 bridgehead atoms. The third kappa shape index (κ3) is 1.35. The van der Waals surface area contributed by atoms with E-state index in [-0.39, 0.29) is 0 Å². The minimum Gasteiger partial charge on any atom is -0.324 e. The molecule has 86 valence electrons. The molecule has 4 rings (SSSR count). The summed E-state index contributed by atoms with van der Waals surface area (Å²) in [5, 5.41) is 4.09. The number of nitrogens with zero attached hydrogens (tertiary/aromatic N) is 3. The third-order valence-electron chi connectivity index (χ3n) is 4.37. The Balaban J connectivity index is 1.52. The van der Waals surface area contributed by atoms with E-state index in [0.717, 1.165) is 36.8 Å². The zero-order valence-electron chi connectivity index (χ0n) is 9.43. The Morgan fingerprint density at radius 3 is 2.50 bits per heavy atom. The van der Waals surface area contributed by atoms with E-state index in [1.807, 2.05) is 0 Å². The van der Waals surface area contributed by atoms with Crippen LogP contribution < -0.4 is 4.90 Å². The zero-order chi connectivity index (χ0) is 10.5. The lowest BCUT2D eigenvalue weighted by molar-refractivity contribution is 0.408. The molecule has 4 nitrogen and oxygen atoms in total. The van der Waals surface area contributed by atoms with E-state index < -0.39 is 0 Å². The van der Waals surface area contributed by atoms with Crippen molar-refractivity contribution in [1.82, 2.24) is 10.1 Å². The summed E-state index contributed by atoms with van der Waals surface area (Å²) in [7, 11) is 0. The van der Waals surface area contributed by atoms with Crippen molar-refractivity contribution in [2.24, 2.45) is 11.8 Å². The summed E-state index contributed by atoms with van der Waals surface area (Å²) in [6, 6.07) is 0.774. The molecule has 0 radical (unpaired) electrons. The SMILES string of the molecule is C1CC2CN(c3nc(C4CC4)no3)CC2C1. The van der Waals surface area contributed by atoms with Crippen molar-refractivity contribution in [2.75, 3.05) is 18.0 Å². The van der Waals surface area contributed by atoms with E-state index in [1.165, 1.54) is 32.1 Å². The van der Waals surface area contributed by atoms with Crippen molar-refractivity contribution in [3.63, 3.8) is 0 Å². The third-order valence-corrected chi connectivity index (χ3v) is 4.37. The molecule has 2 aliphatic carbocycles. The van der Waals surface area contributed by atoms with Gasteiger partial charge in [-0.3, -0.25) is 0 Å². The van der Waals surface area contributed by atoms with Crippen molar-refractivity contribution >= 4 is 6.01 Å². The molecule has 0 amide bonds. The molecule has 1 saturated heterocycles. The predicted octanol–water partition coefficient (Wildman–Crippen LogP) is 2.18. The van der Waals surface area contributed by atoms with Gasteiger partial charge in [0, 0.05) is 19.0 Å². The van der Waals surface area contributed by atoms with Gasteiger partial charge < -0.3 is 9.42 Å². The molecule has 16 heavy (non-hydrogen) atoms. The van der Waals surface area contributed by atoms with E-state index in [0.29, 0.717) is 5.92 Å². The number of hydrogen-bond acceptors (Lipinski definition) is 4. The maximum absolute atomic E-state index is 5.38. The van der Waals surface area contributed by atoms with Gasteiger partial charge in [-0.05, 0) is 37.5 Å². The van der Waals surface area contributed by atoms with Crippen LogP contribution in [0.25, 0.3) is 0 Å². The molecule has 1 aromatic heterocycles. The highest BCUT2D eigenvalue weighted by Crippen LogP contribution is 2.41. The van der Waals surface area contributed by atoms with Crippen LogP contribution in [0.2, 0.25) is 0 Å². The van der Waals surface area contributed by atoms with Crippen LogP contribution in [-0.4, -0.2) is 23.2 Å². The van der Waals surface area contributed by atoms with E-state index in [4.69, 9.17) is 4.52 Å². The number of anilines is 1. The standard InChI is InChI=1S/C12H17N3O/c1-2-9-6-15(7-10(9)3-1)12-13-11(14-16-12)8-4-5-8/h8-10H,1-7H2. The fourth-order valence-electron chi connectivity index (χ4n) is 3.25. The van der Waals surface area contributed by atoms with Crippen LogP contribution in [0.1, 0.15) is 43.8 Å². The molecule has 4 heteroatoms. The highest BCUT2D eigenvalue weighted by atomic mass is 16.5. The highest BCUT2D eigenvalue weighted by Gasteiger charge is 2.38. The fraction of sp³-hybridized carbons (Fsp3) is 0.833. The van der Waals surface area contributed by atoms with Gasteiger partial charge in [-0.15, -0.1) is 0 Å². The lowest BCUT2D eigenvalue weighted by Crippen LogP contribution is -2.20. The average molecular weight is 219 g/mol.